The third kappa shape index (κ3) is 6.14. The van der Waals surface area contributed by atoms with Crippen molar-refractivity contribution in [2.75, 3.05) is 13.3 Å². The van der Waals surface area contributed by atoms with E-state index in [9.17, 15) is 9.13 Å². The van der Waals surface area contributed by atoms with Crippen LogP contribution in [0.15, 0.2) is 0 Å². The van der Waals surface area contributed by atoms with Gasteiger partial charge >= 0.3 is 15.2 Å². The summed E-state index contributed by atoms with van der Waals surface area (Å²) in [6, 6.07) is 0. The summed E-state index contributed by atoms with van der Waals surface area (Å²) in [5.74, 6) is 0. The molecule has 1 rings (SSSR count). The summed E-state index contributed by atoms with van der Waals surface area (Å²) in [7, 11) is -7.00. The lowest BCUT2D eigenvalue weighted by Crippen LogP contribution is -2.26. The molecule has 0 aromatic rings. The van der Waals surface area contributed by atoms with Gasteiger partial charge in [-0.25, -0.2) is 0 Å². The van der Waals surface area contributed by atoms with Gasteiger partial charge in [0, 0.05) is 19.8 Å². The SMILES string of the molecule is CP(=O)(O)OC1CCCC(OP(C)(=O)O)C1. The molecule has 0 spiro atoms. The molecule has 1 aliphatic carbocycles. The van der Waals surface area contributed by atoms with Crippen LogP contribution >= 0.6 is 15.2 Å². The predicted molar refractivity (Wildman–Crippen MR) is 59.7 cm³/mol. The minimum atomic E-state index is -3.50. The van der Waals surface area contributed by atoms with Gasteiger partial charge in [-0.05, 0) is 19.3 Å². The molecular formula is C8H18O6P2. The van der Waals surface area contributed by atoms with E-state index in [4.69, 9.17) is 18.8 Å². The molecule has 1 fully saturated rings. The molecule has 0 bridgehead atoms. The van der Waals surface area contributed by atoms with Gasteiger partial charge in [0.2, 0.25) is 0 Å². The summed E-state index contributed by atoms with van der Waals surface area (Å²) in [5.41, 5.74) is 0. The first kappa shape index (κ1) is 14.4. The molecule has 1 aliphatic rings. The Morgan fingerprint density at radius 3 is 1.69 bits per heavy atom. The summed E-state index contributed by atoms with van der Waals surface area (Å²) in [5, 5.41) is 0. The topological polar surface area (TPSA) is 93.1 Å². The van der Waals surface area contributed by atoms with E-state index in [0.29, 0.717) is 19.3 Å². The maximum absolute atomic E-state index is 11.1. The maximum Gasteiger partial charge on any atom is 0.325 e. The highest BCUT2D eigenvalue weighted by atomic mass is 31.2. The Morgan fingerprint density at radius 2 is 1.38 bits per heavy atom. The Bertz CT molecular complexity index is 288. The van der Waals surface area contributed by atoms with Crippen molar-refractivity contribution in [2.45, 2.75) is 37.9 Å². The lowest BCUT2D eigenvalue weighted by molar-refractivity contribution is 0.0572. The predicted octanol–water partition coefficient (Wildman–Crippen LogP) is 1.96. The quantitative estimate of drug-likeness (QED) is 0.760. The lowest BCUT2D eigenvalue weighted by Gasteiger charge is -2.29. The number of rotatable bonds is 4. The van der Waals surface area contributed by atoms with Gasteiger partial charge in [0.15, 0.2) is 0 Å². The normalized spacial score (nSPS) is 34.0. The highest BCUT2D eigenvalue weighted by Gasteiger charge is 2.30. The maximum atomic E-state index is 11.1. The second-order valence-corrected chi connectivity index (χ2v) is 7.86. The summed E-state index contributed by atoms with van der Waals surface area (Å²) in [4.78, 5) is 18.2. The van der Waals surface area contributed by atoms with Crippen LogP contribution in [0.1, 0.15) is 25.7 Å². The van der Waals surface area contributed by atoms with Crippen LogP contribution in [0.3, 0.4) is 0 Å². The van der Waals surface area contributed by atoms with E-state index in [1.807, 2.05) is 0 Å². The molecule has 0 heterocycles. The molecule has 0 aromatic heterocycles. The fourth-order valence-electron chi connectivity index (χ4n) is 1.85. The molecule has 4 atom stereocenters. The fraction of sp³-hybridized carbons (Fsp3) is 1.00. The van der Waals surface area contributed by atoms with Crippen molar-refractivity contribution in [1.82, 2.24) is 0 Å². The summed E-state index contributed by atoms with van der Waals surface area (Å²) < 4.78 is 32.1. The molecule has 8 heteroatoms. The molecule has 6 nitrogen and oxygen atoms in total. The molecule has 0 amide bonds. The zero-order valence-electron chi connectivity index (χ0n) is 9.40. The Hall–Kier alpha value is 0.300. The van der Waals surface area contributed by atoms with Crippen LogP contribution in [0.5, 0.6) is 0 Å². The minimum Gasteiger partial charge on any atom is -0.324 e. The van der Waals surface area contributed by atoms with Gasteiger partial charge in [-0.15, -0.1) is 0 Å². The molecule has 96 valence electrons. The highest BCUT2D eigenvalue weighted by Crippen LogP contribution is 2.45. The lowest BCUT2D eigenvalue weighted by atomic mass is 9.95. The van der Waals surface area contributed by atoms with Crippen molar-refractivity contribution in [3.05, 3.63) is 0 Å². The number of hydrogen-bond donors (Lipinski definition) is 2. The zero-order chi connectivity index (χ0) is 12.4. The molecule has 0 aliphatic heterocycles. The van der Waals surface area contributed by atoms with Gasteiger partial charge in [0.05, 0.1) is 12.2 Å². The van der Waals surface area contributed by atoms with Crippen LogP contribution in [-0.2, 0) is 18.2 Å². The number of hydrogen-bond acceptors (Lipinski definition) is 4. The Labute approximate surface area is 95.0 Å². The van der Waals surface area contributed by atoms with Crippen LogP contribution in [0.25, 0.3) is 0 Å². The van der Waals surface area contributed by atoms with Crippen LogP contribution in [-0.4, -0.2) is 35.3 Å². The van der Waals surface area contributed by atoms with Crippen molar-refractivity contribution < 1.29 is 28.0 Å². The Balaban J connectivity index is 2.48. The monoisotopic (exact) mass is 272 g/mol. The van der Waals surface area contributed by atoms with Gasteiger partial charge in [-0.2, -0.15) is 0 Å². The first-order valence-corrected chi connectivity index (χ1v) is 9.18. The third-order valence-electron chi connectivity index (χ3n) is 2.27. The average Bonchev–Trinajstić information content (AvgIpc) is 1.96. The zero-order valence-corrected chi connectivity index (χ0v) is 11.2. The molecule has 2 N–H and O–H groups in total. The summed E-state index contributed by atoms with van der Waals surface area (Å²) in [6.45, 7) is 2.27. The van der Waals surface area contributed by atoms with Gasteiger partial charge in [-0.1, -0.05) is 0 Å². The second kappa shape index (κ2) is 5.30. The Morgan fingerprint density at radius 1 is 1.00 bits per heavy atom. The molecule has 0 aromatic carbocycles. The van der Waals surface area contributed by atoms with Crippen molar-refractivity contribution in [2.24, 2.45) is 0 Å². The highest BCUT2D eigenvalue weighted by molar-refractivity contribution is 7.52. The average molecular weight is 272 g/mol. The van der Waals surface area contributed by atoms with Gasteiger partial charge in [-0.3, -0.25) is 9.13 Å². The molecule has 16 heavy (non-hydrogen) atoms. The van der Waals surface area contributed by atoms with Crippen LogP contribution < -0.4 is 0 Å². The Kier molecular flexibility index (Phi) is 4.76. The van der Waals surface area contributed by atoms with E-state index >= 15 is 0 Å². The first-order chi connectivity index (χ1) is 7.16. The van der Waals surface area contributed by atoms with Crippen LogP contribution in [0, 0.1) is 0 Å². The summed E-state index contributed by atoms with van der Waals surface area (Å²) >= 11 is 0. The van der Waals surface area contributed by atoms with Crippen molar-refractivity contribution in [1.29, 1.82) is 0 Å². The van der Waals surface area contributed by atoms with E-state index in [2.05, 4.69) is 0 Å². The second-order valence-electron chi connectivity index (χ2n) is 4.23. The molecule has 0 saturated heterocycles. The van der Waals surface area contributed by atoms with E-state index < -0.39 is 15.2 Å². The fourth-order valence-corrected chi connectivity index (χ4v) is 3.34. The van der Waals surface area contributed by atoms with Crippen molar-refractivity contribution in [3.63, 3.8) is 0 Å². The van der Waals surface area contributed by atoms with Gasteiger partial charge in [0.25, 0.3) is 0 Å². The van der Waals surface area contributed by atoms with Crippen LogP contribution in [0.4, 0.5) is 0 Å². The van der Waals surface area contributed by atoms with Crippen molar-refractivity contribution >= 4 is 15.2 Å². The van der Waals surface area contributed by atoms with E-state index in [1.165, 1.54) is 0 Å². The molecule has 0 radical (unpaired) electrons. The van der Waals surface area contributed by atoms with E-state index in [0.717, 1.165) is 19.8 Å². The van der Waals surface area contributed by atoms with Crippen LogP contribution in [0.2, 0.25) is 0 Å². The first-order valence-electron chi connectivity index (χ1n) is 5.13. The molecular weight excluding hydrogens is 254 g/mol. The molecule has 4 unspecified atom stereocenters. The van der Waals surface area contributed by atoms with E-state index in [1.54, 1.807) is 0 Å². The minimum absolute atomic E-state index is 0.369. The molecule has 1 saturated carbocycles. The van der Waals surface area contributed by atoms with Gasteiger partial charge < -0.3 is 18.8 Å². The van der Waals surface area contributed by atoms with E-state index in [-0.39, 0.29) is 12.2 Å². The smallest absolute Gasteiger partial charge is 0.324 e. The largest absolute Gasteiger partial charge is 0.325 e. The van der Waals surface area contributed by atoms with Crippen molar-refractivity contribution in [3.8, 4) is 0 Å². The van der Waals surface area contributed by atoms with Gasteiger partial charge in [0.1, 0.15) is 0 Å². The summed E-state index contributed by atoms with van der Waals surface area (Å²) in [6.07, 6.45) is 1.76. The third-order valence-corrected chi connectivity index (χ3v) is 3.65. The standard InChI is InChI=1S/C8H18O6P2/c1-15(9,10)13-7-4-3-5-8(6-7)14-16(2,11)12/h7-8H,3-6H2,1-2H3,(H,9,10)(H,11,12).